The first-order valence-corrected chi connectivity index (χ1v) is 7.57. The van der Waals surface area contributed by atoms with E-state index in [4.69, 9.17) is 5.11 Å². The van der Waals surface area contributed by atoms with E-state index in [1.54, 1.807) is 24.3 Å². The second-order valence-electron chi connectivity index (χ2n) is 6.09. The number of benzene rings is 1. The summed E-state index contributed by atoms with van der Waals surface area (Å²) in [5, 5.41) is 8.85. The number of aryl methyl sites for hydroxylation is 1. The number of hydrogen-bond donors (Lipinski definition) is 1. The van der Waals surface area contributed by atoms with Crippen molar-refractivity contribution < 1.29 is 14.7 Å². The Bertz CT molecular complexity index is 509. The molecule has 1 aromatic carbocycles. The molecule has 0 aliphatic carbocycles. The molecule has 1 aromatic rings. The number of nitrogens with zero attached hydrogens (tertiary/aromatic N) is 1. The normalized spacial score (nSPS) is 22.1. The molecule has 1 N–H and O–H groups in total. The lowest BCUT2D eigenvalue weighted by Crippen LogP contribution is -2.42. The van der Waals surface area contributed by atoms with Crippen molar-refractivity contribution in [2.24, 2.45) is 11.8 Å². The Kier molecular flexibility index (Phi) is 4.99. The van der Waals surface area contributed by atoms with Crippen LogP contribution in [0, 0.1) is 11.8 Å². The van der Waals surface area contributed by atoms with E-state index in [0.29, 0.717) is 24.7 Å². The van der Waals surface area contributed by atoms with Crippen LogP contribution < -0.4 is 0 Å². The molecule has 2 unspecified atom stereocenters. The molecule has 2 atom stereocenters. The van der Waals surface area contributed by atoms with E-state index in [9.17, 15) is 9.59 Å². The van der Waals surface area contributed by atoms with Gasteiger partial charge in [0.05, 0.1) is 5.56 Å². The highest BCUT2D eigenvalue weighted by atomic mass is 16.4. The molecule has 1 saturated heterocycles. The number of piperidine rings is 1. The molecule has 1 amide bonds. The second-order valence-corrected chi connectivity index (χ2v) is 6.09. The van der Waals surface area contributed by atoms with E-state index in [1.807, 2.05) is 4.90 Å². The van der Waals surface area contributed by atoms with Crippen LogP contribution in [-0.4, -0.2) is 35.0 Å². The third kappa shape index (κ3) is 4.06. The molecule has 0 aromatic heterocycles. The molecule has 1 fully saturated rings. The van der Waals surface area contributed by atoms with Crippen molar-refractivity contribution in [3.63, 3.8) is 0 Å². The minimum Gasteiger partial charge on any atom is -0.478 e. The zero-order chi connectivity index (χ0) is 15.4. The number of rotatable bonds is 4. The summed E-state index contributed by atoms with van der Waals surface area (Å²) in [6.45, 7) is 6.17. The van der Waals surface area contributed by atoms with Crippen LogP contribution >= 0.6 is 0 Å². The van der Waals surface area contributed by atoms with Gasteiger partial charge >= 0.3 is 5.97 Å². The Morgan fingerprint density at radius 3 is 2.43 bits per heavy atom. The van der Waals surface area contributed by atoms with Crippen LogP contribution in [0.4, 0.5) is 0 Å². The van der Waals surface area contributed by atoms with Gasteiger partial charge in [-0.15, -0.1) is 0 Å². The molecule has 0 saturated carbocycles. The van der Waals surface area contributed by atoms with E-state index in [-0.39, 0.29) is 11.5 Å². The largest absolute Gasteiger partial charge is 0.478 e. The number of carbonyl (C=O) groups is 2. The second kappa shape index (κ2) is 6.74. The predicted molar refractivity (Wildman–Crippen MR) is 81.2 cm³/mol. The smallest absolute Gasteiger partial charge is 0.335 e. The molecule has 21 heavy (non-hydrogen) atoms. The number of carbonyl (C=O) groups excluding carboxylic acids is 1. The quantitative estimate of drug-likeness (QED) is 0.927. The summed E-state index contributed by atoms with van der Waals surface area (Å²) in [6.07, 6.45) is 2.24. The van der Waals surface area contributed by atoms with Gasteiger partial charge in [-0.25, -0.2) is 4.79 Å². The molecule has 0 radical (unpaired) electrons. The number of amides is 1. The summed E-state index contributed by atoms with van der Waals surface area (Å²) in [6, 6.07) is 6.76. The average Bonchev–Trinajstić information content (AvgIpc) is 2.48. The minimum atomic E-state index is -0.922. The highest BCUT2D eigenvalue weighted by Crippen LogP contribution is 2.23. The van der Waals surface area contributed by atoms with Crippen molar-refractivity contribution in [1.29, 1.82) is 0 Å². The van der Waals surface area contributed by atoms with Gasteiger partial charge in [0.1, 0.15) is 0 Å². The molecular formula is C17H23NO3. The van der Waals surface area contributed by atoms with Gasteiger partial charge in [-0.05, 0) is 42.4 Å². The third-order valence-electron chi connectivity index (χ3n) is 4.52. The zero-order valence-electron chi connectivity index (χ0n) is 12.7. The Morgan fingerprint density at radius 2 is 1.86 bits per heavy atom. The van der Waals surface area contributed by atoms with E-state index in [2.05, 4.69) is 13.8 Å². The van der Waals surface area contributed by atoms with Crippen molar-refractivity contribution >= 4 is 11.9 Å². The van der Waals surface area contributed by atoms with Crippen LogP contribution in [0.3, 0.4) is 0 Å². The van der Waals surface area contributed by atoms with Crippen molar-refractivity contribution in [2.75, 3.05) is 13.1 Å². The maximum Gasteiger partial charge on any atom is 0.335 e. The molecule has 1 aliphatic rings. The van der Waals surface area contributed by atoms with Crippen LogP contribution in [0.15, 0.2) is 24.3 Å². The van der Waals surface area contributed by atoms with Crippen molar-refractivity contribution in [1.82, 2.24) is 4.90 Å². The van der Waals surface area contributed by atoms with E-state index >= 15 is 0 Å². The summed E-state index contributed by atoms with van der Waals surface area (Å²) in [5.41, 5.74) is 1.29. The van der Waals surface area contributed by atoms with Crippen molar-refractivity contribution in [2.45, 2.75) is 33.1 Å². The van der Waals surface area contributed by atoms with Crippen LogP contribution in [0.1, 0.15) is 42.6 Å². The first-order valence-electron chi connectivity index (χ1n) is 7.57. The molecule has 1 aliphatic heterocycles. The van der Waals surface area contributed by atoms with Gasteiger partial charge in [-0.2, -0.15) is 0 Å². The topological polar surface area (TPSA) is 57.6 Å². The third-order valence-corrected chi connectivity index (χ3v) is 4.52. The number of likely N-dealkylation sites (tertiary alicyclic amines) is 1. The lowest BCUT2D eigenvalue weighted by molar-refractivity contribution is -0.133. The molecule has 1 heterocycles. The first-order chi connectivity index (χ1) is 9.97. The van der Waals surface area contributed by atoms with Crippen LogP contribution in [0.5, 0.6) is 0 Å². The highest BCUT2D eigenvalue weighted by molar-refractivity contribution is 5.87. The Morgan fingerprint density at radius 1 is 1.19 bits per heavy atom. The fraction of sp³-hybridized carbons (Fsp3) is 0.529. The fourth-order valence-corrected chi connectivity index (χ4v) is 2.71. The van der Waals surface area contributed by atoms with Gasteiger partial charge in [-0.3, -0.25) is 4.79 Å². The van der Waals surface area contributed by atoms with Gasteiger partial charge in [0.25, 0.3) is 0 Å². The van der Waals surface area contributed by atoms with Gasteiger partial charge < -0.3 is 10.0 Å². The van der Waals surface area contributed by atoms with Gasteiger partial charge in [-0.1, -0.05) is 26.0 Å². The summed E-state index contributed by atoms with van der Waals surface area (Å²) < 4.78 is 0. The Hall–Kier alpha value is -1.84. The lowest BCUT2D eigenvalue weighted by atomic mass is 9.88. The molecule has 4 nitrogen and oxygen atoms in total. The van der Waals surface area contributed by atoms with Crippen molar-refractivity contribution in [3.05, 3.63) is 35.4 Å². The molecule has 0 bridgehead atoms. The number of carboxylic acids is 1. The average molecular weight is 289 g/mol. The van der Waals surface area contributed by atoms with Crippen LogP contribution in [0.2, 0.25) is 0 Å². The molecular weight excluding hydrogens is 266 g/mol. The first kappa shape index (κ1) is 15.5. The monoisotopic (exact) mass is 289 g/mol. The summed E-state index contributed by atoms with van der Waals surface area (Å²) in [5.74, 6) is 0.542. The van der Waals surface area contributed by atoms with Gasteiger partial charge in [0.15, 0.2) is 0 Å². The summed E-state index contributed by atoms with van der Waals surface area (Å²) in [4.78, 5) is 25.0. The maximum absolute atomic E-state index is 12.2. The standard InChI is InChI=1S/C17H23NO3/c1-12-9-10-18(11-13(12)2)16(19)8-5-14-3-6-15(7-4-14)17(20)21/h3-4,6-7,12-13H,5,8-11H2,1-2H3,(H,20,21). The van der Waals surface area contributed by atoms with Crippen LogP contribution in [-0.2, 0) is 11.2 Å². The molecule has 114 valence electrons. The fourth-order valence-electron chi connectivity index (χ4n) is 2.71. The molecule has 2 rings (SSSR count). The number of carboxylic acid groups (broad SMARTS) is 1. The Balaban J connectivity index is 1.85. The van der Waals surface area contributed by atoms with Gasteiger partial charge in [0, 0.05) is 19.5 Å². The van der Waals surface area contributed by atoms with E-state index < -0.39 is 5.97 Å². The SMILES string of the molecule is CC1CCN(C(=O)CCc2ccc(C(=O)O)cc2)CC1C. The van der Waals surface area contributed by atoms with Crippen molar-refractivity contribution in [3.8, 4) is 0 Å². The highest BCUT2D eigenvalue weighted by Gasteiger charge is 2.25. The Labute approximate surface area is 125 Å². The molecule has 0 spiro atoms. The summed E-state index contributed by atoms with van der Waals surface area (Å²) in [7, 11) is 0. The zero-order valence-corrected chi connectivity index (χ0v) is 12.7. The van der Waals surface area contributed by atoms with E-state index in [1.165, 1.54) is 0 Å². The minimum absolute atomic E-state index is 0.205. The number of hydrogen-bond acceptors (Lipinski definition) is 2. The maximum atomic E-state index is 12.2. The van der Waals surface area contributed by atoms with Crippen LogP contribution in [0.25, 0.3) is 0 Å². The number of aromatic carboxylic acids is 1. The van der Waals surface area contributed by atoms with Gasteiger partial charge in [0.2, 0.25) is 5.91 Å². The predicted octanol–water partition coefficient (Wildman–Crippen LogP) is 2.82. The van der Waals surface area contributed by atoms with E-state index in [0.717, 1.165) is 25.1 Å². The summed E-state index contributed by atoms with van der Waals surface area (Å²) >= 11 is 0. The molecule has 4 heteroatoms. The lowest BCUT2D eigenvalue weighted by Gasteiger charge is -2.35.